The summed E-state index contributed by atoms with van der Waals surface area (Å²) in [6.07, 6.45) is -0.489. The minimum Gasteiger partial charge on any atom is -0.492 e. The van der Waals surface area contributed by atoms with Crippen molar-refractivity contribution < 1.29 is 19.4 Å². The zero-order valence-corrected chi connectivity index (χ0v) is 20.3. The van der Waals surface area contributed by atoms with E-state index < -0.39 is 12.1 Å². The van der Waals surface area contributed by atoms with Crippen LogP contribution in [0.2, 0.25) is 0 Å². The molecule has 3 aromatic carbocycles. The van der Waals surface area contributed by atoms with Gasteiger partial charge in [-0.25, -0.2) is 4.79 Å². The first-order valence-corrected chi connectivity index (χ1v) is 12.0. The summed E-state index contributed by atoms with van der Waals surface area (Å²) >= 11 is 1.79. The third-order valence-electron chi connectivity index (χ3n) is 5.10. The van der Waals surface area contributed by atoms with Crippen LogP contribution in [0.4, 0.5) is 11.4 Å². The SMILES string of the molecule is CCOC(Cc1ccc(OCCN2c3ccccc3Sc3ccccc32)cc1)C(=O)O.N=C(N)N. The molecule has 4 rings (SSSR count). The number of anilines is 2. The molecule has 0 amide bonds. The average molecular weight is 495 g/mol. The van der Waals surface area contributed by atoms with Gasteiger partial charge in [-0.2, -0.15) is 0 Å². The van der Waals surface area contributed by atoms with Gasteiger partial charge < -0.3 is 30.9 Å². The summed E-state index contributed by atoms with van der Waals surface area (Å²) in [4.78, 5) is 16.1. The zero-order chi connectivity index (χ0) is 25.2. The lowest BCUT2D eigenvalue weighted by Crippen LogP contribution is -2.26. The van der Waals surface area contributed by atoms with Crippen LogP contribution in [-0.2, 0) is 16.0 Å². The van der Waals surface area contributed by atoms with Gasteiger partial charge in [-0.15, -0.1) is 0 Å². The summed E-state index contributed by atoms with van der Waals surface area (Å²) in [5, 5.41) is 15.3. The van der Waals surface area contributed by atoms with Gasteiger partial charge in [0.15, 0.2) is 12.1 Å². The van der Waals surface area contributed by atoms with E-state index in [1.165, 1.54) is 21.2 Å². The number of fused-ring (bicyclic) bond motifs is 2. The van der Waals surface area contributed by atoms with Crippen molar-refractivity contribution in [2.24, 2.45) is 11.5 Å². The van der Waals surface area contributed by atoms with Crippen LogP contribution in [0.5, 0.6) is 5.75 Å². The Hall–Kier alpha value is -3.69. The minimum absolute atomic E-state index is 0.333. The second kappa shape index (κ2) is 12.7. The molecule has 0 aromatic heterocycles. The molecule has 8 nitrogen and oxygen atoms in total. The number of hydrogen-bond donors (Lipinski definition) is 4. The van der Waals surface area contributed by atoms with Crippen molar-refractivity contribution in [3.05, 3.63) is 78.4 Å². The van der Waals surface area contributed by atoms with Crippen LogP contribution in [0.25, 0.3) is 0 Å². The quantitative estimate of drug-likeness (QED) is 0.256. The number of benzene rings is 3. The number of ether oxygens (including phenoxy) is 2. The highest BCUT2D eigenvalue weighted by atomic mass is 32.2. The first-order chi connectivity index (χ1) is 16.9. The lowest BCUT2D eigenvalue weighted by atomic mass is 10.1. The molecule has 0 saturated carbocycles. The predicted molar refractivity (Wildman–Crippen MR) is 139 cm³/mol. The fourth-order valence-electron chi connectivity index (χ4n) is 3.63. The topological polar surface area (TPSA) is 135 Å². The van der Waals surface area contributed by atoms with Crippen molar-refractivity contribution in [1.82, 2.24) is 0 Å². The highest BCUT2D eigenvalue weighted by Crippen LogP contribution is 2.47. The van der Waals surface area contributed by atoms with E-state index in [2.05, 4.69) is 64.9 Å². The molecular formula is C26H30N4O4S. The number of rotatable bonds is 9. The number of nitrogens with two attached hydrogens (primary N) is 2. The maximum atomic E-state index is 11.3. The molecule has 1 unspecified atom stereocenters. The van der Waals surface area contributed by atoms with E-state index in [1.807, 2.05) is 24.3 Å². The van der Waals surface area contributed by atoms with E-state index >= 15 is 0 Å². The second-order valence-corrected chi connectivity index (χ2v) is 8.71. The minimum atomic E-state index is -0.942. The standard InChI is InChI=1S/C25H25NO4S.CH5N3/c1-2-29-22(25(27)28)17-18-11-13-19(14-12-18)30-16-15-26-20-7-3-5-9-23(20)31-24-10-6-4-8-21(24)26;2-1(3)4/h3-14,22H,2,15-17H2,1H3,(H,27,28);(H5,2,3,4). The summed E-state index contributed by atoms with van der Waals surface area (Å²) in [7, 11) is 0. The summed E-state index contributed by atoms with van der Waals surface area (Å²) in [5.74, 6) is -0.512. The summed E-state index contributed by atoms with van der Waals surface area (Å²) in [6.45, 7) is 3.43. The van der Waals surface area contributed by atoms with Crippen LogP contribution in [0, 0.1) is 5.41 Å². The van der Waals surface area contributed by atoms with E-state index in [0.29, 0.717) is 19.6 Å². The molecular weight excluding hydrogens is 464 g/mol. The van der Waals surface area contributed by atoms with Crippen LogP contribution in [-0.4, -0.2) is 42.9 Å². The largest absolute Gasteiger partial charge is 0.492 e. The molecule has 0 fully saturated rings. The molecule has 6 N–H and O–H groups in total. The summed E-state index contributed by atoms with van der Waals surface area (Å²) in [6, 6.07) is 24.4. The molecule has 0 saturated heterocycles. The van der Waals surface area contributed by atoms with Crippen molar-refractivity contribution in [3.63, 3.8) is 0 Å². The van der Waals surface area contributed by atoms with E-state index in [1.54, 1.807) is 18.7 Å². The van der Waals surface area contributed by atoms with Gasteiger partial charge in [0.05, 0.1) is 17.9 Å². The van der Waals surface area contributed by atoms with Gasteiger partial charge in [0.25, 0.3) is 0 Å². The van der Waals surface area contributed by atoms with Gasteiger partial charge in [0, 0.05) is 22.8 Å². The maximum absolute atomic E-state index is 11.3. The van der Waals surface area contributed by atoms with Gasteiger partial charge >= 0.3 is 5.97 Å². The van der Waals surface area contributed by atoms with E-state index in [9.17, 15) is 9.90 Å². The molecule has 184 valence electrons. The van der Waals surface area contributed by atoms with Crippen LogP contribution in [0.15, 0.2) is 82.6 Å². The molecule has 1 aliphatic rings. The van der Waals surface area contributed by atoms with Crippen molar-refractivity contribution in [2.45, 2.75) is 29.2 Å². The number of carboxylic acids is 1. The van der Waals surface area contributed by atoms with E-state index in [4.69, 9.17) is 14.9 Å². The fraction of sp³-hybridized carbons (Fsp3) is 0.231. The first-order valence-electron chi connectivity index (χ1n) is 11.2. The Bertz CT molecular complexity index is 1090. The van der Waals surface area contributed by atoms with Gasteiger partial charge in [0.2, 0.25) is 0 Å². The van der Waals surface area contributed by atoms with Crippen LogP contribution in [0.3, 0.4) is 0 Å². The average Bonchev–Trinajstić information content (AvgIpc) is 2.84. The molecule has 35 heavy (non-hydrogen) atoms. The van der Waals surface area contributed by atoms with Gasteiger partial charge in [0.1, 0.15) is 12.4 Å². The highest BCUT2D eigenvalue weighted by Gasteiger charge is 2.22. The van der Waals surface area contributed by atoms with Crippen molar-refractivity contribution in [1.29, 1.82) is 5.41 Å². The Morgan fingerprint density at radius 3 is 2.06 bits per heavy atom. The number of carbonyl (C=O) groups is 1. The molecule has 0 aliphatic carbocycles. The number of guanidine groups is 1. The Balaban J connectivity index is 0.000000795. The zero-order valence-electron chi connectivity index (χ0n) is 19.5. The smallest absolute Gasteiger partial charge is 0.333 e. The number of hydrogen-bond acceptors (Lipinski definition) is 6. The number of nitrogens with one attached hydrogen (secondary N) is 1. The summed E-state index contributed by atoms with van der Waals surface area (Å²) < 4.78 is 11.3. The first kappa shape index (κ1) is 25.9. The Morgan fingerprint density at radius 2 is 1.54 bits per heavy atom. The second-order valence-electron chi connectivity index (χ2n) is 7.62. The monoisotopic (exact) mass is 494 g/mol. The Labute approximate surface area is 209 Å². The van der Waals surface area contributed by atoms with Crippen LogP contribution in [0.1, 0.15) is 12.5 Å². The van der Waals surface area contributed by atoms with Gasteiger partial charge in [-0.1, -0.05) is 48.2 Å². The summed E-state index contributed by atoms with van der Waals surface area (Å²) in [5.41, 5.74) is 12.2. The Kier molecular flexibility index (Phi) is 9.39. The van der Waals surface area contributed by atoms with E-state index in [0.717, 1.165) is 17.9 Å². The Morgan fingerprint density at radius 1 is 1.00 bits per heavy atom. The third-order valence-corrected chi connectivity index (χ3v) is 6.23. The molecule has 9 heteroatoms. The number of aliphatic carboxylic acids is 1. The molecule has 0 bridgehead atoms. The molecule has 1 aliphatic heterocycles. The molecule has 0 spiro atoms. The van der Waals surface area contributed by atoms with Crippen molar-refractivity contribution >= 4 is 35.1 Å². The van der Waals surface area contributed by atoms with Gasteiger partial charge in [-0.05, 0) is 48.9 Å². The fourth-order valence-corrected chi connectivity index (χ4v) is 4.73. The third kappa shape index (κ3) is 7.40. The maximum Gasteiger partial charge on any atom is 0.333 e. The van der Waals surface area contributed by atoms with Crippen molar-refractivity contribution in [3.8, 4) is 5.75 Å². The molecule has 1 atom stereocenters. The van der Waals surface area contributed by atoms with Crippen LogP contribution < -0.4 is 21.1 Å². The number of para-hydroxylation sites is 2. The lowest BCUT2D eigenvalue weighted by molar-refractivity contribution is -0.149. The van der Waals surface area contributed by atoms with Crippen molar-refractivity contribution in [2.75, 3.05) is 24.7 Å². The molecule has 3 aromatic rings. The highest BCUT2D eigenvalue weighted by molar-refractivity contribution is 7.99. The normalized spacial score (nSPS) is 12.4. The number of carboxylic acid groups (broad SMARTS) is 1. The number of nitrogens with zero attached hydrogens (tertiary/aromatic N) is 1. The van der Waals surface area contributed by atoms with Crippen LogP contribution >= 0.6 is 11.8 Å². The molecule has 0 radical (unpaired) electrons. The predicted octanol–water partition coefficient (Wildman–Crippen LogP) is 4.24. The molecule has 1 heterocycles. The van der Waals surface area contributed by atoms with E-state index in [-0.39, 0.29) is 5.96 Å². The van der Waals surface area contributed by atoms with Gasteiger partial charge in [-0.3, -0.25) is 5.41 Å². The lowest BCUT2D eigenvalue weighted by Gasteiger charge is -2.32.